The Morgan fingerprint density at radius 2 is 1.69 bits per heavy atom. The van der Waals surface area contributed by atoms with Crippen LogP contribution in [0.4, 0.5) is 16.2 Å². The second kappa shape index (κ2) is 10.7. The van der Waals surface area contributed by atoms with Crippen LogP contribution in [0.5, 0.6) is 0 Å². The Hall–Kier alpha value is -3.34. The van der Waals surface area contributed by atoms with Crippen molar-refractivity contribution < 1.29 is 29.4 Å². The number of benzene rings is 2. The summed E-state index contributed by atoms with van der Waals surface area (Å²) < 4.78 is 0. The third kappa shape index (κ3) is 5.40. The number of anilines is 2. The van der Waals surface area contributed by atoms with Crippen LogP contribution < -0.4 is 10.6 Å². The number of carboxylic acids is 1. The van der Waals surface area contributed by atoms with Crippen LogP contribution in [-0.4, -0.2) is 75.1 Å². The molecule has 2 aromatic carbocycles. The van der Waals surface area contributed by atoms with Crippen molar-refractivity contribution in [3.8, 4) is 0 Å². The van der Waals surface area contributed by atoms with Crippen molar-refractivity contribution in [2.45, 2.75) is 37.5 Å². The number of para-hydroxylation sites is 1. The lowest BCUT2D eigenvalue weighted by Gasteiger charge is -2.31. The van der Waals surface area contributed by atoms with Crippen LogP contribution in [0.1, 0.15) is 29.6 Å². The van der Waals surface area contributed by atoms with Crippen molar-refractivity contribution in [2.24, 2.45) is 0 Å². The topological polar surface area (TPSA) is 139 Å². The molecular formula is C24H24Cl2N4O6. The van der Waals surface area contributed by atoms with Gasteiger partial charge in [-0.1, -0.05) is 35.3 Å². The molecule has 12 heteroatoms. The number of hydrogen-bond donors (Lipinski definition) is 4. The summed E-state index contributed by atoms with van der Waals surface area (Å²) in [7, 11) is 0. The highest BCUT2D eigenvalue weighted by molar-refractivity contribution is 6.42. The Morgan fingerprint density at radius 3 is 2.42 bits per heavy atom. The van der Waals surface area contributed by atoms with E-state index in [9.17, 15) is 29.4 Å². The SMILES string of the molecule is O=C(O)c1ccccc1NC(=O)[C@@H]1CCCN1C(=O)[C@H]1C[C@@H](O)CN1C(=O)Nc1ccc(Cl)c(Cl)c1. The number of likely N-dealkylation sites (tertiary alicyclic amines) is 2. The molecule has 2 aliphatic heterocycles. The number of halogens is 2. The summed E-state index contributed by atoms with van der Waals surface area (Å²) in [6.45, 7) is 0.243. The van der Waals surface area contributed by atoms with Crippen molar-refractivity contribution in [1.82, 2.24) is 9.80 Å². The highest BCUT2D eigenvalue weighted by Gasteiger charge is 2.44. The summed E-state index contributed by atoms with van der Waals surface area (Å²) in [6.07, 6.45) is 0.0725. The maximum Gasteiger partial charge on any atom is 0.337 e. The van der Waals surface area contributed by atoms with Gasteiger partial charge in [0.15, 0.2) is 0 Å². The van der Waals surface area contributed by atoms with Gasteiger partial charge in [-0.3, -0.25) is 9.59 Å². The maximum absolute atomic E-state index is 13.5. The van der Waals surface area contributed by atoms with E-state index in [1.165, 1.54) is 34.1 Å². The van der Waals surface area contributed by atoms with Crippen LogP contribution in [0, 0.1) is 0 Å². The Bertz CT molecular complexity index is 1210. The monoisotopic (exact) mass is 534 g/mol. The smallest absolute Gasteiger partial charge is 0.337 e. The lowest BCUT2D eigenvalue weighted by molar-refractivity contribution is -0.139. The number of hydrogen-bond acceptors (Lipinski definition) is 5. The molecule has 4 rings (SSSR count). The maximum atomic E-state index is 13.5. The van der Waals surface area contributed by atoms with Crippen LogP contribution in [0.25, 0.3) is 0 Å². The van der Waals surface area contributed by atoms with Gasteiger partial charge in [-0.2, -0.15) is 0 Å². The number of aromatic carboxylic acids is 1. The zero-order valence-corrected chi connectivity index (χ0v) is 20.5. The molecule has 10 nitrogen and oxygen atoms in total. The minimum atomic E-state index is -1.19. The normalized spacial score (nSPS) is 21.4. The first-order valence-electron chi connectivity index (χ1n) is 11.3. The molecule has 2 heterocycles. The third-order valence-electron chi connectivity index (χ3n) is 6.25. The fraction of sp³-hybridized carbons (Fsp3) is 0.333. The summed E-state index contributed by atoms with van der Waals surface area (Å²) >= 11 is 11.9. The van der Waals surface area contributed by atoms with Gasteiger partial charge in [0, 0.05) is 25.2 Å². The predicted molar refractivity (Wildman–Crippen MR) is 133 cm³/mol. The van der Waals surface area contributed by atoms with Crippen molar-refractivity contribution >= 4 is 58.4 Å². The lowest BCUT2D eigenvalue weighted by Crippen LogP contribution is -2.52. The van der Waals surface area contributed by atoms with Crippen LogP contribution in [0.2, 0.25) is 10.0 Å². The second-order valence-corrected chi connectivity index (χ2v) is 9.46. The van der Waals surface area contributed by atoms with E-state index in [-0.39, 0.29) is 29.2 Å². The zero-order chi connectivity index (χ0) is 26.0. The Kier molecular flexibility index (Phi) is 7.67. The average Bonchev–Trinajstić information content (AvgIpc) is 3.48. The first-order chi connectivity index (χ1) is 17.2. The van der Waals surface area contributed by atoms with Crippen molar-refractivity contribution in [2.75, 3.05) is 23.7 Å². The Balaban J connectivity index is 1.48. The molecule has 0 aromatic heterocycles. The molecule has 2 saturated heterocycles. The van der Waals surface area contributed by atoms with Gasteiger partial charge in [0.1, 0.15) is 12.1 Å². The second-order valence-electron chi connectivity index (χ2n) is 8.65. The molecule has 0 spiro atoms. The molecule has 2 aromatic rings. The Labute approximate surface area is 216 Å². The molecule has 0 bridgehead atoms. The highest BCUT2D eigenvalue weighted by atomic mass is 35.5. The molecule has 0 unspecified atom stereocenters. The van der Waals surface area contributed by atoms with E-state index in [2.05, 4.69) is 10.6 Å². The van der Waals surface area contributed by atoms with Gasteiger partial charge in [0.25, 0.3) is 0 Å². The van der Waals surface area contributed by atoms with E-state index in [0.29, 0.717) is 30.1 Å². The van der Waals surface area contributed by atoms with Gasteiger partial charge in [-0.15, -0.1) is 0 Å². The van der Waals surface area contributed by atoms with Crippen LogP contribution in [0.3, 0.4) is 0 Å². The van der Waals surface area contributed by atoms with E-state index >= 15 is 0 Å². The van der Waals surface area contributed by atoms with Crippen LogP contribution >= 0.6 is 23.2 Å². The first-order valence-corrected chi connectivity index (χ1v) is 12.1. The quantitative estimate of drug-likeness (QED) is 0.464. The van der Waals surface area contributed by atoms with Crippen molar-refractivity contribution in [1.29, 1.82) is 0 Å². The van der Waals surface area contributed by atoms with Gasteiger partial charge in [-0.25, -0.2) is 9.59 Å². The molecule has 0 radical (unpaired) electrons. The fourth-order valence-electron chi connectivity index (χ4n) is 4.53. The van der Waals surface area contributed by atoms with E-state index < -0.39 is 42.0 Å². The fourth-order valence-corrected chi connectivity index (χ4v) is 4.83. The molecule has 0 saturated carbocycles. The molecular weight excluding hydrogens is 511 g/mol. The number of β-amino-alcohol motifs (C(OH)–C–C–N with tert-alkyl or cyclic N) is 1. The van der Waals surface area contributed by atoms with E-state index in [1.807, 2.05) is 0 Å². The number of nitrogens with one attached hydrogen (secondary N) is 2. The predicted octanol–water partition coefficient (Wildman–Crippen LogP) is 3.29. The number of carbonyl (C=O) groups is 4. The number of aliphatic hydroxyl groups excluding tert-OH is 1. The van der Waals surface area contributed by atoms with Gasteiger partial charge >= 0.3 is 12.0 Å². The molecule has 2 fully saturated rings. The third-order valence-corrected chi connectivity index (χ3v) is 6.99. The number of nitrogens with zero attached hydrogens (tertiary/aromatic N) is 2. The molecule has 0 aliphatic carbocycles. The number of carbonyl (C=O) groups excluding carboxylic acids is 3. The minimum absolute atomic E-state index is 0.0281. The molecule has 3 atom stereocenters. The summed E-state index contributed by atoms with van der Waals surface area (Å²) in [5.41, 5.74) is 0.441. The summed E-state index contributed by atoms with van der Waals surface area (Å²) in [4.78, 5) is 53.6. The number of amides is 4. The van der Waals surface area contributed by atoms with Crippen LogP contribution in [0.15, 0.2) is 42.5 Å². The zero-order valence-electron chi connectivity index (χ0n) is 19.0. The van der Waals surface area contributed by atoms with Gasteiger partial charge in [0.05, 0.1) is 27.4 Å². The molecule has 190 valence electrons. The van der Waals surface area contributed by atoms with Crippen LogP contribution in [-0.2, 0) is 9.59 Å². The molecule has 4 amide bonds. The Morgan fingerprint density at radius 1 is 0.944 bits per heavy atom. The summed E-state index contributed by atoms with van der Waals surface area (Å²) in [5.74, 6) is -2.16. The number of carboxylic acid groups (broad SMARTS) is 1. The molecule has 4 N–H and O–H groups in total. The lowest BCUT2D eigenvalue weighted by atomic mass is 10.1. The standard InChI is InChI=1S/C24H24Cl2N4O6/c25-16-8-7-13(10-17(16)26)27-24(36)30-12-14(31)11-20(30)22(33)29-9-3-6-19(29)21(32)28-18-5-2-1-4-15(18)23(34)35/h1-2,4-5,7-8,10,14,19-20,31H,3,6,9,11-12H2,(H,27,36)(H,28,32)(H,34,35)/t14-,19+,20-/m1/s1. The first kappa shape index (κ1) is 25.7. The molecule has 2 aliphatic rings. The van der Waals surface area contributed by atoms with Gasteiger partial charge in [0.2, 0.25) is 11.8 Å². The number of rotatable bonds is 5. The number of aliphatic hydroxyl groups is 1. The number of urea groups is 1. The van der Waals surface area contributed by atoms with E-state index in [1.54, 1.807) is 18.2 Å². The van der Waals surface area contributed by atoms with Gasteiger partial charge < -0.3 is 30.6 Å². The van der Waals surface area contributed by atoms with Crippen molar-refractivity contribution in [3.05, 3.63) is 58.1 Å². The largest absolute Gasteiger partial charge is 0.478 e. The average molecular weight is 535 g/mol. The summed E-state index contributed by atoms with van der Waals surface area (Å²) in [5, 5.41) is 25.5. The minimum Gasteiger partial charge on any atom is -0.478 e. The van der Waals surface area contributed by atoms with Crippen molar-refractivity contribution in [3.63, 3.8) is 0 Å². The molecule has 36 heavy (non-hydrogen) atoms. The highest BCUT2D eigenvalue weighted by Crippen LogP contribution is 2.29. The van der Waals surface area contributed by atoms with E-state index in [0.717, 1.165) is 0 Å². The van der Waals surface area contributed by atoms with Gasteiger partial charge in [-0.05, 0) is 43.2 Å². The summed E-state index contributed by atoms with van der Waals surface area (Å²) in [6, 6.07) is 8.16. The van der Waals surface area contributed by atoms with E-state index in [4.69, 9.17) is 23.2 Å².